The van der Waals surface area contributed by atoms with Crippen LogP contribution in [-0.2, 0) is 0 Å². The number of anilines is 1. The van der Waals surface area contributed by atoms with Gasteiger partial charge in [-0.3, -0.25) is 4.79 Å². The highest BCUT2D eigenvalue weighted by atomic mass is 16.5. The fourth-order valence-electron chi connectivity index (χ4n) is 3.63. The molecule has 5 rings (SSSR count). The summed E-state index contributed by atoms with van der Waals surface area (Å²) in [5.41, 5.74) is 6.17. The highest BCUT2D eigenvalue weighted by Crippen LogP contribution is 2.27. The lowest BCUT2D eigenvalue weighted by Crippen LogP contribution is -2.12. The van der Waals surface area contributed by atoms with E-state index < -0.39 is 0 Å². The highest BCUT2D eigenvalue weighted by Gasteiger charge is 2.11. The summed E-state index contributed by atoms with van der Waals surface area (Å²) in [4.78, 5) is 17.6. The van der Waals surface area contributed by atoms with Crippen molar-refractivity contribution in [2.24, 2.45) is 0 Å². The summed E-state index contributed by atoms with van der Waals surface area (Å²) in [6.07, 6.45) is 4.00. The number of carbonyl (C=O) groups excluding carboxylic acids is 1. The third-order valence-electron chi connectivity index (χ3n) is 5.49. The minimum atomic E-state index is -0.174. The SMILES string of the molecule is Cc1ccn2cc(-c3ccc(C)c(NC(=O)c4ccc(Oc5ccccc5)cc4)c3)nc2c1. The Kier molecular flexibility index (Phi) is 5.37. The number of fused-ring (bicyclic) bond motifs is 1. The second-order valence-corrected chi connectivity index (χ2v) is 8.02. The summed E-state index contributed by atoms with van der Waals surface area (Å²) in [5.74, 6) is 1.26. The lowest BCUT2D eigenvalue weighted by atomic mass is 10.1. The van der Waals surface area contributed by atoms with E-state index in [9.17, 15) is 4.79 Å². The monoisotopic (exact) mass is 433 g/mol. The maximum Gasteiger partial charge on any atom is 0.255 e. The van der Waals surface area contributed by atoms with E-state index in [1.807, 2.05) is 85.2 Å². The molecule has 0 spiro atoms. The molecule has 0 fully saturated rings. The van der Waals surface area contributed by atoms with Crippen LogP contribution in [0.3, 0.4) is 0 Å². The summed E-state index contributed by atoms with van der Waals surface area (Å²) in [6, 6.07) is 26.8. The van der Waals surface area contributed by atoms with Crippen molar-refractivity contribution in [1.29, 1.82) is 0 Å². The summed E-state index contributed by atoms with van der Waals surface area (Å²) in [6.45, 7) is 4.03. The van der Waals surface area contributed by atoms with Gasteiger partial charge >= 0.3 is 0 Å². The maximum absolute atomic E-state index is 12.9. The minimum Gasteiger partial charge on any atom is -0.457 e. The van der Waals surface area contributed by atoms with E-state index in [4.69, 9.17) is 9.72 Å². The van der Waals surface area contributed by atoms with Gasteiger partial charge in [0.2, 0.25) is 0 Å². The number of carbonyl (C=O) groups is 1. The van der Waals surface area contributed by atoms with Crippen LogP contribution in [0.4, 0.5) is 5.69 Å². The average Bonchev–Trinajstić information content (AvgIpc) is 3.25. The normalized spacial score (nSPS) is 10.8. The molecule has 0 bridgehead atoms. The highest BCUT2D eigenvalue weighted by molar-refractivity contribution is 6.05. The lowest BCUT2D eigenvalue weighted by molar-refractivity contribution is 0.102. The van der Waals surface area contributed by atoms with Crippen LogP contribution in [0.5, 0.6) is 11.5 Å². The number of aromatic nitrogens is 2. The Hall–Kier alpha value is -4.38. The van der Waals surface area contributed by atoms with E-state index in [0.29, 0.717) is 11.3 Å². The number of hydrogen-bond acceptors (Lipinski definition) is 3. The molecule has 2 heterocycles. The Balaban J connectivity index is 1.34. The molecule has 0 unspecified atom stereocenters. The Morgan fingerprint density at radius 1 is 0.879 bits per heavy atom. The molecule has 33 heavy (non-hydrogen) atoms. The molecule has 0 saturated heterocycles. The first-order chi connectivity index (χ1) is 16.0. The number of benzene rings is 3. The Labute approximate surface area is 192 Å². The molecule has 0 aliphatic heterocycles. The van der Waals surface area contributed by atoms with Crippen molar-refractivity contribution in [3.63, 3.8) is 0 Å². The van der Waals surface area contributed by atoms with Crippen molar-refractivity contribution in [3.05, 3.63) is 114 Å². The lowest BCUT2D eigenvalue weighted by Gasteiger charge is -2.11. The number of nitrogens with zero attached hydrogens (tertiary/aromatic N) is 2. The zero-order valence-electron chi connectivity index (χ0n) is 18.4. The fourth-order valence-corrected chi connectivity index (χ4v) is 3.63. The molecule has 162 valence electrons. The van der Waals surface area contributed by atoms with Crippen LogP contribution in [0.15, 0.2) is 97.3 Å². The molecule has 5 heteroatoms. The molecular weight excluding hydrogens is 410 g/mol. The smallest absolute Gasteiger partial charge is 0.255 e. The van der Waals surface area contributed by atoms with Gasteiger partial charge in [-0.15, -0.1) is 0 Å². The zero-order chi connectivity index (χ0) is 22.8. The van der Waals surface area contributed by atoms with E-state index in [2.05, 4.69) is 11.4 Å². The topological polar surface area (TPSA) is 55.6 Å². The Bertz CT molecular complexity index is 1440. The molecule has 0 aliphatic carbocycles. The zero-order valence-corrected chi connectivity index (χ0v) is 18.4. The molecule has 0 aliphatic rings. The molecular formula is C28H23N3O2. The first-order valence-corrected chi connectivity index (χ1v) is 10.8. The molecule has 5 nitrogen and oxygen atoms in total. The number of hydrogen-bond donors (Lipinski definition) is 1. The number of aryl methyl sites for hydroxylation is 2. The molecule has 1 amide bonds. The predicted octanol–water partition coefficient (Wildman–Crippen LogP) is 6.66. The van der Waals surface area contributed by atoms with Crippen LogP contribution >= 0.6 is 0 Å². The molecule has 0 saturated carbocycles. The van der Waals surface area contributed by atoms with E-state index in [1.54, 1.807) is 24.3 Å². The van der Waals surface area contributed by atoms with Crippen LogP contribution in [0, 0.1) is 13.8 Å². The molecule has 3 aromatic carbocycles. The second kappa shape index (κ2) is 8.63. The van der Waals surface area contributed by atoms with E-state index in [0.717, 1.165) is 39.5 Å². The van der Waals surface area contributed by atoms with Gasteiger partial charge in [0.15, 0.2) is 0 Å². The average molecular weight is 434 g/mol. The van der Waals surface area contributed by atoms with Crippen molar-refractivity contribution in [1.82, 2.24) is 9.38 Å². The van der Waals surface area contributed by atoms with Gasteiger partial charge in [0, 0.05) is 29.2 Å². The van der Waals surface area contributed by atoms with Gasteiger partial charge in [0.05, 0.1) is 5.69 Å². The summed E-state index contributed by atoms with van der Waals surface area (Å²) in [5, 5.41) is 3.03. The third kappa shape index (κ3) is 4.48. The van der Waals surface area contributed by atoms with E-state index in [1.165, 1.54) is 0 Å². The fraction of sp³-hybridized carbons (Fsp3) is 0.0714. The van der Waals surface area contributed by atoms with Crippen molar-refractivity contribution >= 4 is 17.2 Å². The minimum absolute atomic E-state index is 0.174. The Morgan fingerprint density at radius 3 is 2.42 bits per heavy atom. The van der Waals surface area contributed by atoms with E-state index >= 15 is 0 Å². The predicted molar refractivity (Wildman–Crippen MR) is 131 cm³/mol. The van der Waals surface area contributed by atoms with Gasteiger partial charge in [0.25, 0.3) is 5.91 Å². The van der Waals surface area contributed by atoms with Gasteiger partial charge in [-0.05, 0) is 79.6 Å². The van der Waals surface area contributed by atoms with Crippen molar-refractivity contribution in [3.8, 4) is 22.8 Å². The Morgan fingerprint density at radius 2 is 1.64 bits per heavy atom. The number of nitrogens with one attached hydrogen (secondary N) is 1. The number of ether oxygens (including phenoxy) is 1. The summed E-state index contributed by atoms with van der Waals surface area (Å²) >= 11 is 0. The van der Waals surface area contributed by atoms with Gasteiger partial charge in [-0.1, -0.05) is 30.3 Å². The quantitative estimate of drug-likeness (QED) is 0.337. The molecule has 5 aromatic rings. The number of imidazole rings is 1. The standard InChI is InChI=1S/C28H23N3O2/c1-19-14-15-31-18-26(29-27(31)16-19)22-9-8-20(2)25(17-22)30-28(32)21-10-12-24(13-11-21)33-23-6-4-3-5-7-23/h3-18H,1-2H3,(H,30,32). The first-order valence-electron chi connectivity index (χ1n) is 10.8. The maximum atomic E-state index is 12.9. The van der Waals surface area contributed by atoms with Gasteiger partial charge < -0.3 is 14.5 Å². The second-order valence-electron chi connectivity index (χ2n) is 8.02. The number of rotatable bonds is 5. The largest absolute Gasteiger partial charge is 0.457 e. The van der Waals surface area contributed by atoms with Gasteiger partial charge in [0.1, 0.15) is 17.1 Å². The van der Waals surface area contributed by atoms with Crippen molar-refractivity contribution < 1.29 is 9.53 Å². The number of pyridine rings is 1. The number of amides is 1. The van der Waals surface area contributed by atoms with Gasteiger partial charge in [-0.25, -0.2) is 4.98 Å². The first kappa shape index (κ1) is 20.5. The number of para-hydroxylation sites is 1. The molecule has 0 radical (unpaired) electrons. The summed E-state index contributed by atoms with van der Waals surface area (Å²) in [7, 11) is 0. The van der Waals surface area contributed by atoms with Crippen LogP contribution in [0.1, 0.15) is 21.5 Å². The van der Waals surface area contributed by atoms with Crippen LogP contribution in [0.2, 0.25) is 0 Å². The van der Waals surface area contributed by atoms with Crippen LogP contribution in [0.25, 0.3) is 16.9 Å². The third-order valence-corrected chi connectivity index (χ3v) is 5.49. The van der Waals surface area contributed by atoms with Crippen molar-refractivity contribution in [2.45, 2.75) is 13.8 Å². The molecule has 1 N–H and O–H groups in total. The van der Waals surface area contributed by atoms with Crippen molar-refractivity contribution in [2.75, 3.05) is 5.32 Å². The van der Waals surface area contributed by atoms with E-state index in [-0.39, 0.29) is 5.91 Å². The summed E-state index contributed by atoms with van der Waals surface area (Å²) < 4.78 is 7.81. The molecule has 0 atom stereocenters. The van der Waals surface area contributed by atoms with Gasteiger partial charge in [-0.2, -0.15) is 0 Å². The molecule has 2 aromatic heterocycles. The van der Waals surface area contributed by atoms with Crippen LogP contribution < -0.4 is 10.1 Å². The van der Waals surface area contributed by atoms with Crippen LogP contribution in [-0.4, -0.2) is 15.3 Å².